The smallest absolute Gasteiger partial charge is 0.212 e. The van der Waals surface area contributed by atoms with E-state index in [0.29, 0.717) is 45.8 Å². The van der Waals surface area contributed by atoms with Gasteiger partial charge in [0.05, 0.1) is 29.8 Å². The monoisotopic (exact) mass is 395 g/mol. The average Bonchev–Trinajstić information content (AvgIpc) is 3.41. The summed E-state index contributed by atoms with van der Waals surface area (Å²) in [5, 5.41) is 10.1. The first kappa shape index (κ1) is 19.0. The minimum atomic E-state index is -0.480. The minimum absolute atomic E-state index is 0.373. The van der Waals surface area contributed by atoms with Crippen molar-refractivity contribution in [1.82, 2.24) is 24.6 Å². The molecule has 8 nitrogen and oxygen atoms in total. The average molecular weight is 395 g/mol. The van der Waals surface area contributed by atoms with E-state index in [-0.39, 0.29) is 5.82 Å². The molecule has 0 saturated heterocycles. The summed E-state index contributed by atoms with van der Waals surface area (Å²) in [5.41, 5.74) is 9.13. The van der Waals surface area contributed by atoms with Gasteiger partial charge in [-0.15, -0.1) is 0 Å². The predicted octanol–water partition coefficient (Wildman–Crippen LogP) is 3.48. The molecule has 0 bridgehead atoms. The van der Waals surface area contributed by atoms with Gasteiger partial charge in [-0.05, 0) is 19.4 Å². The molecule has 5 rings (SSSR count). The van der Waals surface area contributed by atoms with Crippen LogP contribution in [0.15, 0.2) is 24.8 Å². The molecule has 3 aromatic heterocycles. The number of nitrogens with one attached hydrogen (secondary N) is 2. The number of H-pyrrole nitrogens is 1. The molecular weight excluding hydrogens is 373 g/mol. The Kier molecular flexibility index (Phi) is 4.98. The SMILES string of the molecule is C1CC1.Cc1c(F)c(C(C)N)c2[nH]ncc2c1-c1cn2cc(NC=O)nc2cn1. The zero-order valence-corrected chi connectivity index (χ0v) is 16.2. The van der Waals surface area contributed by atoms with E-state index in [2.05, 4.69) is 25.5 Å². The van der Waals surface area contributed by atoms with Crippen molar-refractivity contribution in [2.75, 3.05) is 5.32 Å². The van der Waals surface area contributed by atoms with E-state index in [9.17, 15) is 4.79 Å². The highest BCUT2D eigenvalue weighted by molar-refractivity contribution is 5.97. The molecule has 150 valence electrons. The van der Waals surface area contributed by atoms with Crippen molar-refractivity contribution in [2.45, 2.75) is 39.2 Å². The molecule has 9 heteroatoms. The lowest BCUT2D eigenvalue weighted by molar-refractivity contribution is -0.105. The lowest BCUT2D eigenvalue weighted by Crippen LogP contribution is -2.10. The maximum Gasteiger partial charge on any atom is 0.212 e. The zero-order valence-electron chi connectivity index (χ0n) is 16.2. The van der Waals surface area contributed by atoms with Crippen molar-refractivity contribution in [3.8, 4) is 11.3 Å². The fourth-order valence-electron chi connectivity index (χ4n) is 3.22. The van der Waals surface area contributed by atoms with E-state index in [1.807, 2.05) is 0 Å². The van der Waals surface area contributed by atoms with Gasteiger partial charge in [-0.25, -0.2) is 9.37 Å². The number of nitrogens with zero attached hydrogens (tertiary/aromatic N) is 4. The number of hydrogen-bond acceptors (Lipinski definition) is 5. The third-order valence-corrected chi connectivity index (χ3v) is 4.73. The molecule has 0 spiro atoms. The summed E-state index contributed by atoms with van der Waals surface area (Å²) in [4.78, 5) is 19.2. The lowest BCUT2D eigenvalue weighted by Gasteiger charge is -2.15. The molecular formula is C20H22FN7O. The van der Waals surface area contributed by atoms with Crippen molar-refractivity contribution in [2.24, 2.45) is 5.73 Å². The van der Waals surface area contributed by atoms with Crippen LogP contribution in [0.25, 0.3) is 27.8 Å². The van der Waals surface area contributed by atoms with Gasteiger partial charge in [-0.3, -0.25) is 14.9 Å². The molecule has 1 atom stereocenters. The number of rotatable bonds is 4. The fraction of sp³-hybridized carbons (Fsp3) is 0.300. The summed E-state index contributed by atoms with van der Waals surface area (Å²) in [6.07, 6.45) is 11.6. The van der Waals surface area contributed by atoms with Crippen LogP contribution in [0.3, 0.4) is 0 Å². The van der Waals surface area contributed by atoms with Crippen LogP contribution in [0.4, 0.5) is 10.2 Å². The number of aromatic nitrogens is 5. The highest BCUT2D eigenvalue weighted by atomic mass is 19.1. The van der Waals surface area contributed by atoms with Crippen LogP contribution in [-0.4, -0.2) is 31.0 Å². The van der Waals surface area contributed by atoms with Crippen LogP contribution < -0.4 is 11.1 Å². The second kappa shape index (κ2) is 7.59. The van der Waals surface area contributed by atoms with Crippen LogP contribution in [0, 0.1) is 12.7 Å². The highest BCUT2D eigenvalue weighted by Crippen LogP contribution is 2.36. The summed E-state index contributed by atoms with van der Waals surface area (Å²) in [6.45, 7) is 3.43. The van der Waals surface area contributed by atoms with Gasteiger partial charge >= 0.3 is 0 Å². The summed E-state index contributed by atoms with van der Waals surface area (Å²) in [5.74, 6) is 0.0326. The van der Waals surface area contributed by atoms with Crippen LogP contribution in [-0.2, 0) is 4.79 Å². The molecule has 3 heterocycles. The largest absolute Gasteiger partial charge is 0.324 e. The highest BCUT2D eigenvalue weighted by Gasteiger charge is 2.22. The Labute approximate surface area is 166 Å². The van der Waals surface area contributed by atoms with E-state index in [4.69, 9.17) is 5.73 Å². The molecule has 1 amide bonds. The van der Waals surface area contributed by atoms with Crippen molar-refractivity contribution in [1.29, 1.82) is 0 Å². The van der Waals surface area contributed by atoms with Crippen LogP contribution in [0.1, 0.15) is 43.4 Å². The standard InChI is InChI=1S/C17H16FN7O.C3H6/c1-8-14(10-3-22-24-17(10)15(9(2)19)16(8)18)11-5-25-6-12(21-7-26)23-13(25)4-20-11;1-2-3-1/h3-7,9H,19H2,1-2H3,(H,21,26)(H,22,24);1-3H2. The van der Waals surface area contributed by atoms with Gasteiger partial charge in [0.25, 0.3) is 0 Å². The number of nitrogens with two attached hydrogens (primary N) is 1. The summed E-state index contributed by atoms with van der Waals surface area (Å²) in [7, 11) is 0. The van der Waals surface area contributed by atoms with Gasteiger partial charge in [0, 0.05) is 28.8 Å². The normalized spacial score (nSPS) is 13.8. The molecule has 1 unspecified atom stereocenters. The van der Waals surface area contributed by atoms with Crippen LogP contribution >= 0.6 is 0 Å². The first-order valence-corrected chi connectivity index (χ1v) is 9.47. The molecule has 0 radical (unpaired) electrons. The first-order chi connectivity index (χ1) is 14.0. The van der Waals surface area contributed by atoms with E-state index in [1.165, 1.54) is 19.3 Å². The molecule has 1 aliphatic rings. The Morgan fingerprint density at radius 3 is 2.72 bits per heavy atom. The second-order valence-electron chi connectivity index (χ2n) is 7.16. The Hall–Kier alpha value is -3.33. The number of benzene rings is 1. The zero-order chi connectivity index (χ0) is 20.5. The van der Waals surface area contributed by atoms with E-state index in [0.717, 1.165) is 5.39 Å². The molecule has 0 aliphatic heterocycles. The lowest BCUT2D eigenvalue weighted by atomic mass is 9.94. The number of fused-ring (bicyclic) bond motifs is 2. The van der Waals surface area contributed by atoms with Crippen LogP contribution in [0.5, 0.6) is 0 Å². The Morgan fingerprint density at radius 2 is 2.07 bits per heavy atom. The third kappa shape index (κ3) is 3.56. The number of imidazole rings is 1. The summed E-state index contributed by atoms with van der Waals surface area (Å²) < 4.78 is 16.7. The van der Waals surface area contributed by atoms with Gasteiger partial charge in [0.2, 0.25) is 6.41 Å². The first-order valence-electron chi connectivity index (χ1n) is 9.47. The summed E-state index contributed by atoms with van der Waals surface area (Å²) in [6, 6.07) is -0.480. The van der Waals surface area contributed by atoms with Crippen LogP contribution in [0.2, 0.25) is 0 Å². The number of anilines is 1. The van der Waals surface area contributed by atoms with Gasteiger partial charge in [0.15, 0.2) is 11.5 Å². The van der Waals surface area contributed by atoms with E-state index < -0.39 is 6.04 Å². The van der Waals surface area contributed by atoms with Gasteiger partial charge in [0.1, 0.15) is 5.82 Å². The molecule has 1 fully saturated rings. The number of aromatic amines is 1. The Bertz CT molecular complexity index is 1190. The number of carbonyl (C=O) groups excluding carboxylic acids is 1. The maximum absolute atomic E-state index is 15.0. The van der Waals surface area contributed by atoms with Gasteiger partial charge in [-0.1, -0.05) is 19.3 Å². The van der Waals surface area contributed by atoms with E-state index in [1.54, 1.807) is 43.0 Å². The maximum atomic E-state index is 15.0. The molecule has 1 aliphatic carbocycles. The third-order valence-electron chi connectivity index (χ3n) is 4.73. The molecule has 1 saturated carbocycles. The molecule has 4 N–H and O–H groups in total. The fourth-order valence-corrected chi connectivity index (χ4v) is 3.22. The predicted molar refractivity (Wildman–Crippen MR) is 109 cm³/mol. The van der Waals surface area contributed by atoms with Crippen molar-refractivity contribution < 1.29 is 9.18 Å². The second-order valence-corrected chi connectivity index (χ2v) is 7.16. The number of carbonyl (C=O) groups is 1. The summed E-state index contributed by atoms with van der Waals surface area (Å²) >= 11 is 0. The van der Waals surface area contributed by atoms with Crippen molar-refractivity contribution in [3.63, 3.8) is 0 Å². The van der Waals surface area contributed by atoms with Gasteiger partial charge in [-0.2, -0.15) is 5.10 Å². The molecule has 29 heavy (non-hydrogen) atoms. The quantitative estimate of drug-likeness (QED) is 0.458. The van der Waals surface area contributed by atoms with Crippen molar-refractivity contribution >= 4 is 28.8 Å². The molecule has 4 aromatic rings. The van der Waals surface area contributed by atoms with E-state index >= 15 is 4.39 Å². The van der Waals surface area contributed by atoms with Gasteiger partial charge < -0.3 is 15.5 Å². The number of hydrogen-bond donors (Lipinski definition) is 3. The van der Waals surface area contributed by atoms with Crippen molar-refractivity contribution in [3.05, 3.63) is 41.7 Å². The Balaban J connectivity index is 0.000000626. The minimum Gasteiger partial charge on any atom is -0.324 e. The number of amides is 1. The Morgan fingerprint density at radius 1 is 1.31 bits per heavy atom. The topological polar surface area (TPSA) is 114 Å². The molecule has 1 aromatic carbocycles. The number of halogens is 1.